The fraction of sp³-hybridized carbons (Fsp3) is 0.273. The van der Waals surface area contributed by atoms with Gasteiger partial charge in [0.2, 0.25) is 6.10 Å². The molecule has 2 amide bonds. The Balaban J connectivity index is 1.81. The Hall–Kier alpha value is -3.91. The first-order chi connectivity index (χ1) is 15.6. The van der Waals surface area contributed by atoms with E-state index < -0.39 is 41.7 Å². The van der Waals surface area contributed by atoms with E-state index in [4.69, 9.17) is 14.7 Å². The van der Waals surface area contributed by atoms with Gasteiger partial charge in [0.15, 0.2) is 6.10 Å². The van der Waals surface area contributed by atoms with Crippen molar-refractivity contribution < 1.29 is 37.0 Å². The molecule has 0 saturated carbocycles. The molecule has 0 aromatic heterocycles. The van der Waals surface area contributed by atoms with Crippen molar-refractivity contribution in [1.82, 2.24) is 0 Å². The molecular weight excluding hydrogens is 443 g/mol. The molecule has 11 heteroatoms. The first-order valence-corrected chi connectivity index (χ1v) is 9.68. The lowest BCUT2D eigenvalue weighted by Gasteiger charge is -2.35. The lowest BCUT2D eigenvalue weighted by atomic mass is 10.1. The van der Waals surface area contributed by atoms with Crippen LogP contribution in [-0.2, 0) is 30.0 Å². The maximum atomic E-state index is 13.0. The third-order valence-corrected chi connectivity index (χ3v) is 4.74. The largest absolute Gasteiger partial charge is 0.449 e. The van der Waals surface area contributed by atoms with Gasteiger partial charge in [-0.25, -0.2) is 0 Å². The quantitative estimate of drug-likeness (QED) is 0.686. The molecule has 1 aliphatic rings. The minimum Gasteiger partial charge on any atom is -0.449 e. The molecule has 8 nitrogen and oxygen atoms in total. The fourth-order valence-electron chi connectivity index (χ4n) is 3.18. The molecule has 2 atom stereocenters. The second-order valence-electron chi connectivity index (χ2n) is 7.03. The maximum Gasteiger partial charge on any atom is 0.416 e. The number of ether oxygens (including phenoxy) is 2. The highest BCUT2D eigenvalue weighted by Crippen LogP contribution is 2.31. The van der Waals surface area contributed by atoms with Gasteiger partial charge >= 0.3 is 12.1 Å². The zero-order chi connectivity index (χ0) is 24.2. The number of nitriles is 1. The number of alkyl halides is 3. The zero-order valence-electron chi connectivity index (χ0n) is 17.3. The first-order valence-electron chi connectivity index (χ1n) is 9.68. The normalized spacial score (nSPS) is 17.1. The predicted molar refractivity (Wildman–Crippen MR) is 109 cm³/mol. The van der Waals surface area contributed by atoms with E-state index in [0.29, 0.717) is 11.3 Å². The number of anilines is 2. The average Bonchev–Trinajstić information content (AvgIpc) is 2.78. The molecule has 2 aromatic rings. The predicted octanol–water partition coefficient (Wildman–Crippen LogP) is 2.88. The Bertz CT molecular complexity index is 1080. The lowest BCUT2D eigenvalue weighted by molar-refractivity contribution is -0.167. The summed E-state index contributed by atoms with van der Waals surface area (Å²) in [6, 6.07) is 11.7. The molecular formula is C22H18F3N3O5. The molecule has 0 unspecified atom stereocenters. The van der Waals surface area contributed by atoms with Crippen LogP contribution in [0, 0.1) is 11.3 Å². The number of rotatable bonds is 5. The standard InChI is InChI=1S/C22H18F3N3O5/c1-13(29)33-18(20(30)27-16-6-2-14(12-26)3-7-16)19-21(31)28(10-11-32-19)17-8-4-15(5-9-17)22(23,24)25/h2-9,18-19H,10-11H2,1H3,(H,27,30)/t18-,19-/m1/s1. The molecule has 1 N–H and O–H groups in total. The van der Waals surface area contributed by atoms with E-state index in [-0.39, 0.29) is 18.8 Å². The number of carbonyl (C=O) groups is 3. The highest BCUT2D eigenvalue weighted by atomic mass is 19.4. The van der Waals surface area contributed by atoms with Crippen LogP contribution in [0.15, 0.2) is 48.5 Å². The zero-order valence-corrected chi connectivity index (χ0v) is 17.3. The molecule has 0 spiro atoms. The smallest absolute Gasteiger partial charge is 0.416 e. The molecule has 33 heavy (non-hydrogen) atoms. The average molecular weight is 461 g/mol. The fourth-order valence-corrected chi connectivity index (χ4v) is 3.18. The van der Waals surface area contributed by atoms with E-state index in [2.05, 4.69) is 5.32 Å². The number of halogens is 3. The number of carbonyl (C=O) groups excluding carboxylic acids is 3. The second-order valence-corrected chi connectivity index (χ2v) is 7.03. The molecule has 1 saturated heterocycles. The summed E-state index contributed by atoms with van der Waals surface area (Å²) in [5, 5.41) is 11.4. The van der Waals surface area contributed by atoms with Crippen molar-refractivity contribution in [3.05, 3.63) is 59.7 Å². The number of nitrogens with zero attached hydrogens (tertiary/aromatic N) is 2. The van der Waals surface area contributed by atoms with Gasteiger partial charge in [-0.2, -0.15) is 18.4 Å². The van der Waals surface area contributed by atoms with Crippen molar-refractivity contribution in [1.29, 1.82) is 5.26 Å². The molecule has 1 aliphatic heterocycles. The van der Waals surface area contributed by atoms with Crippen LogP contribution in [0.5, 0.6) is 0 Å². The number of benzene rings is 2. The third kappa shape index (κ3) is 5.67. The summed E-state index contributed by atoms with van der Waals surface area (Å²) in [6.45, 7) is 1.05. The van der Waals surface area contributed by atoms with E-state index in [1.165, 1.54) is 29.2 Å². The number of hydrogen-bond donors (Lipinski definition) is 1. The van der Waals surface area contributed by atoms with Gasteiger partial charge in [0.05, 0.1) is 23.8 Å². The van der Waals surface area contributed by atoms with Crippen LogP contribution in [0.1, 0.15) is 18.1 Å². The number of morpholine rings is 1. The van der Waals surface area contributed by atoms with E-state index in [1.54, 1.807) is 0 Å². The summed E-state index contributed by atoms with van der Waals surface area (Å²) < 4.78 is 49.0. The van der Waals surface area contributed by atoms with Crippen molar-refractivity contribution in [3.8, 4) is 6.07 Å². The number of esters is 1. The summed E-state index contributed by atoms with van der Waals surface area (Å²) in [7, 11) is 0. The van der Waals surface area contributed by atoms with Gasteiger partial charge in [-0.15, -0.1) is 0 Å². The molecule has 172 valence electrons. The van der Waals surface area contributed by atoms with E-state index in [9.17, 15) is 27.6 Å². The molecule has 2 aromatic carbocycles. The molecule has 3 rings (SSSR count). The molecule has 0 radical (unpaired) electrons. The van der Waals surface area contributed by atoms with Gasteiger partial charge in [0.1, 0.15) is 0 Å². The summed E-state index contributed by atoms with van der Waals surface area (Å²) in [5.41, 5.74) is -0.0417. The van der Waals surface area contributed by atoms with Crippen molar-refractivity contribution in [2.45, 2.75) is 25.3 Å². The Kier molecular flexibility index (Phi) is 6.98. The minimum atomic E-state index is -4.53. The van der Waals surface area contributed by atoms with Crippen LogP contribution in [0.2, 0.25) is 0 Å². The Morgan fingerprint density at radius 3 is 2.36 bits per heavy atom. The van der Waals surface area contributed by atoms with Crippen molar-refractivity contribution in [2.75, 3.05) is 23.4 Å². The number of hydrogen-bond acceptors (Lipinski definition) is 6. The molecule has 0 aliphatic carbocycles. The SMILES string of the molecule is CC(=O)O[C@@H](C(=O)Nc1ccc(C#N)cc1)[C@H]1OCCN(c2ccc(C(F)(F)F)cc2)C1=O. The molecule has 1 fully saturated rings. The first kappa shape index (κ1) is 23.7. The van der Waals surface area contributed by atoms with Gasteiger partial charge in [0.25, 0.3) is 11.8 Å². The minimum absolute atomic E-state index is 0.0325. The Morgan fingerprint density at radius 2 is 1.82 bits per heavy atom. The van der Waals surface area contributed by atoms with E-state index in [1.807, 2.05) is 6.07 Å². The van der Waals surface area contributed by atoms with Crippen molar-refractivity contribution in [3.63, 3.8) is 0 Å². The van der Waals surface area contributed by atoms with Gasteiger partial charge in [-0.3, -0.25) is 14.4 Å². The van der Waals surface area contributed by atoms with Crippen LogP contribution in [0.3, 0.4) is 0 Å². The van der Waals surface area contributed by atoms with Crippen molar-refractivity contribution >= 4 is 29.2 Å². The second kappa shape index (κ2) is 9.70. The van der Waals surface area contributed by atoms with Gasteiger partial charge < -0.3 is 19.7 Å². The Morgan fingerprint density at radius 1 is 1.18 bits per heavy atom. The molecule has 1 heterocycles. The van der Waals surface area contributed by atoms with Crippen LogP contribution in [-0.4, -0.2) is 43.1 Å². The van der Waals surface area contributed by atoms with Crippen LogP contribution in [0.25, 0.3) is 0 Å². The van der Waals surface area contributed by atoms with Crippen LogP contribution in [0.4, 0.5) is 24.5 Å². The monoisotopic (exact) mass is 461 g/mol. The van der Waals surface area contributed by atoms with Crippen LogP contribution >= 0.6 is 0 Å². The topological polar surface area (TPSA) is 109 Å². The van der Waals surface area contributed by atoms with Crippen LogP contribution < -0.4 is 10.2 Å². The maximum absolute atomic E-state index is 13.0. The van der Waals surface area contributed by atoms with Gasteiger partial charge in [0, 0.05) is 24.8 Å². The summed E-state index contributed by atoms with van der Waals surface area (Å²) >= 11 is 0. The highest BCUT2D eigenvalue weighted by molar-refractivity contribution is 6.04. The van der Waals surface area contributed by atoms with E-state index in [0.717, 1.165) is 31.2 Å². The number of amides is 2. The van der Waals surface area contributed by atoms with Crippen molar-refractivity contribution in [2.24, 2.45) is 0 Å². The summed E-state index contributed by atoms with van der Waals surface area (Å²) in [4.78, 5) is 38.6. The highest BCUT2D eigenvalue weighted by Gasteiger charge is 2.42. The third-order valence-electron chi connectivity index (χ3n) is 4.74. The van der Waals surface area contributed by atoms with E-state index >= 15 is 0 Å². The van der Waals surface area contributed by atoms with Gasteiger partial charge in [-0.05, 0) is 48.5 Å². The lowest BCUT2D eigenvalue weighted by Crippen LogP contribution is -2.56. The summed E-state index contributed by atoms with van der Waals surface area (Å²) in [6.07, 6.45) is -7.69. The number of nitrogens with one attached hydrogen (secondary N) is 1. The molecule has 0 bridgehead atoms. The summed E-state index contributed by atoms with van der Waals surface area (Å²) in [5.74, 6) is -2.43. The Labute approximate surface area is 186 Å². The van der Waals surface area contributed by atoms with Gasteiger partial charge in [-0.1, -0.05) is 0 Å².